The molecule has 0 heterocycles. The third-order valence-corrected chi connectivity index (χ3v) is 3.91. The van der Waals surface area contributed by atoms with E-state index in [2.05, 4.69) is 15.9 Å². The fourth-order valence-electron chi connectivity index (χ4n) is 1.45. The van der Waals surface area contributed by atoms with E-state index >= 15 is 0 Å². The zero-order valence-electron chi connectivity index (χ0n) is 10.2. The van der Waals surface area contributed by atoms with Crippen LogP contribution in [-0.2, 0) is 4.79 Å². The molecule has 0 atom stereocenters. The molecule has 0 bridgehead atoms. The predicted octanol–water partition coefficient (Wildman–Crippen LogP) is 4.54. The van der Waals surface area contributed by atoms with Crippen molar-refractivity contribution >= 4 is 33.7 Å². The highest BCUT2D eigenvalue weighted by atomic mass is 79.9. The second kappa shape index (κ2) is 7.36. The van der Waals surface area contributed by atoms with Crippen LogP contribution < -0.4 is 4.74 Å². The lowest BCUT2D eigenvalue weighted by molar-refractivity contribution is -0.133. The van der Waals surface area contributed by atoms with E-state index < -0.39 is 0 Å². The van der Waals surface area contributed by atoms with Gasteiger partial charge in [-0.05, 0) is 36.4 Å². The predicted molar refractivity (Wildman–Crippen MR) is 81.6 cm³/mol. The average Bonchev–Trinajstić information content (AvgIpc) is 2.43. The minimum absolute atomic E-state index is 0.203. The van der Waals surface area contributed by atoms with Gasteiger partial charge in [-0.3, -0.25) is 4.79 Å². The summed E-state index contributed by atoms with van der Waals surface area (Å²) in [5.41, 5.74) is 0. The first-order valence-electron chi connectivity index (χ1n) is 5.88. The number of ether oxygens (including phenoxy) is 1. The topological polar surface area (TPSA) is 26.3 Å². The molecule has 4 heteroatoms. The van der Waals surface area contributed by atoms with Crippen molar-refractivity contribution in [3.63, 3.8) is 0 Å². The van der Waals surface area contributed by atoms with E-state index in [1.54, 1.807) is 23.9 Å². The summed E-state index contributed by atoms with van der Waals surface area (Å²) in [7, 11) is 0. The number of hydrogen-bond donors (Lipinski definition) is 0. The molecule has 0 spiro atoms. The molecule has 0 saturated heterocycles. The van der Waals surface area contributed by atoms with Gasteiger partial charge in [0.05, 0.1) is 6.42 Å². The zero-order valence-corrected chi connectivity index (χ0v) is 12.6. The smallest absolute Gasteiger partial charge is 0.312 e. The van der Waals surface area contributed by atoms with Gasteiger partial charge in [-0.2, -0.15) is 0 Å². The number of benzene rings is 2. The summed E-state index contributed by atoms with van der Waals surface area (Å²) >= 11 is 4.99. The van der Waals surface area contributed by atoms with Crippen molar-refractivity contribution < 1.29 is 9.53 Å². The number of halogens is 1. The Labute approximate surface area is 125 Å². The summed E-state index contributed by atoms with van der Waals surface area (Å²) in [6.45, 7) is 0. The Morgan fingerprint density at radius 1 is 1.05 bits per heavy atom. The van der Waals surface area contributed by atoms with Crippen molar-refractivity contribution in [2.24, 2.45) is 0 Å². The fourth-order valence-corrected chi connectivity index (χ4v) is 2.57. The highest BCUT2D eigenvalue weighted by molar-refractivity contribution is 9.10. The Bertz CT molecular complexity index is 526. The van der Waals surface area contributed by atoms with Gasteiger partial charge < -0.3 is 4.74 Å². The van der Waals surface area contributed by atoms with E-state index in [1.807, 2.05) is 42.5 Å². The quantitative estimate of drug-likeness (QED) is 0.455. The number of carbonyl (C=O) groups is 1. The molecule has 0 saturated carbocycles. The number of thioether (sulfide) groups is 1. The summed E-state index contributed by atoms with van der Waals surface area (Å²) in [5.74, 6) is 1.10. The van der Waals surface area contributed by atoms with Crippen molar-refractivity contribution in [1.29, 1.82) is 0 Å². The fraction of sp³-hybridized carbons (Fsp3) is 0.133. The Balaban J connectivity index is 1.74. The van der Waals surface area contributed by atoms with Gasteiger partial charge in [0.25, 0.3) is 0 Å². The maximum absolute atomic E-state index is 11.6. The maximum Gasteiger partial charge on any atom is 0.312 e. The largest absolute Gasteiger partial charge is 0.427 e. The minimum Gasteiger partial charge on any atom is -0.427 e. The summed E-state index contributed by atoms with van der Waals surface area (Å²) in [6, 6.07) is 17.3. The van der Waals surface area contributed by atoms with Crippen molar-refractivity contribution in [2.45, 2.75) is 11.3 Å². The van der Waals surface area contributed by atoms with Crippen molar-refractivity contribution in [1.82, 2.24) is 0 Å². The van der Waals surface area contributed by atoms with Crippen LogP contribution in [0.2, 0.25) is 0 Å². The number of hydrogen-bond acceptors (Lipinski definition) is 3. The average molecular weight is 337 g/mol. The molecule has 0 aliphatic heterocycles. The third-order valence-electron chi connectivity index (χ3n) is 2.36. The molecule has 2 aromatic carbocycles. The molecule has 98 valence electrons. The number of rotatable bonds is 5. The molecule has 0 fully saturated rings. The lowest BCUT2D eigenvalue weighted by atomic mass is 10.3. The van der Waals surface area contributed by atoms with E-state index in [0.717, 1.165) is 10.2 Å². The molecule has 2 nitrogen and oxygen atoms in total. The summed E-state index contributed by atoms with van der Waals surface area (Å²) in [5, 5.41) is 0. The van der Waals surface area contributed by atoms with Gasteiger partial charge in [-0.15, -0.1) is 11.8 Å². The Morgan fingerprint density at radius 2 is 1.74 bits per heavy atom. The molecule has 0 aliphatic rings. The molecule has 19 heavy (non-hydrogen) atoms. The highest BCUT2D eigenvalue weighted by Gasteiger charge is 2.05. The monoisotopic (exact) mass is 336 g/mol. The van der Waals surface area contributed by atoms with Crippen LogP contribution in [0.4, 0.5) is 0 Å². The molecule has 0 amide bonds. The second-order valence-corrected chi connectivity index (χ2v) is 5.92. The maximum atomic E-state index is 11.6. The van der Waals surface area contributed by atoms with E-state index in [1.165, 1.54) is 4.90 Å². The van der Waals surface area contributed by atoms with Crippen LogP contribution in [0, 0.1) is 0 Å². The molecule has 2 aromatic rings. The number of carbonyl (C=O) groups excluding carboxylic acids is 1. The van der Waals surface area contributed by atoms with Crippen LogP contribution in [0.15, 0.2) is 64.0 Å². The van der Waals surface area contributed by atoms with E-state index in [0.29, 0.717) is 12.2 Å². The molecule has 0 N–H and O–H groups in total. The lowest BCUT2D eigenvalue weighted by Gasteiger charge is -2.04. The summed E-state index contributed by atoms with van der Waals surface area (Å²) in [6.07, 6.45) is 0.398. The highest BCUT2D eigenvalue weighted by Crippen LogP contribution is 2.19. The Hall–Kier alpha value is -1.26. The Morgan fingerprint density at radius 3 is 2.42 bits per heavy atom. The molecule has 0 aromatic heterocycles. The SMILES string of the molecule is O=C(CCSc1ccccc1)Oc1ccc(Br)cc1. The van der Waals surface area contributed by atoms with Crippen LogP contribution >= 0.6 is 27.7 Å². The molecular weight excluding hydrogens is 324 g/mol. The van der Waals surface area contributed by atoms with Crippen molar-refractivity contribution in [2.75, 3.05) is 5.75 Å². The number of esters is 1. The third kappa shape index (κ3) is 5.09. The van der Waals surface area contributed by atoms with Gasteiger partial charge in [0.2, 0.25) is 0 Å². The first-order valence-corrected chi connectivity index (χ1v) is 7.66. The second-order valence-electron chi connectivity index (χ2n) is 3.84. The van der Waals surface area contributed by atoms with Gasteiger partial charge >= 0.3 is 5.97 Å². The van der Waals surface area contributed by atoms with Gasteiger partial charge in [-0.1, -0.05) is 34.1 Å². The molecule has 2 rings (SSSR count). The minimum atomic E-state index is -0.203. The van der Waals surface area contributed by atoms with E-state index in [9.17, 15) is 4.79 Å². The molecule has 0 unspecified atom stereocenters. The van der Waals surface area contributed by atoms with Crippen LogP contribution in [0.25, 0.3) is 0 Å². The van der Waals surface area contributed by atoms with Crippen molar-refractivity contribution in [3.05, 3.63) is 59.1 Å². The van der Waals surface area contributed by atoms with Crippen LogP contribution in [-0.4, -0.2) is 11.7 Å². The molecular formula is C15H13BrO2S. The van der Waals surface area contributed by atoms with Crippen LogP contribution in [0.5, 0.6) is 5.75 Å². The Kier molecular flexibility index (Phi) is 5.48. The summed E-state index contributed by atoms with van der Waals surface area (Å²) in [4.78, 5) is 12.8. The zero-order chi connectivity index (χ0) is 13.5. The van der Waals surface area contributed by atoms with E-state index in [-0.39, 0.29) is 5.97 Å². The van der Waals surface area contributed by atoms with Crippen LogP contribution in [0.3, 0.4) is 0 Å². The molecule has 0 radical (unpaired) electrons. The van der Waals surface area contributed by atoms with Gasteiger partial charge in [0, 0.05) is 15.1 Å². The molecule has 0 aliphatic carbocycles. The van der Waals surface area contributed by atoms with Crippen LogP contribution in [0.1, 0.15) is 6.42 Å². The van der Waals surface area contributed by atoms with Crippen molar-refractivity contribution in [3.8, 4) is 5.75 Å². The standard InChI is InChI=1S/C15H13BrO2S/c16-12-6-8-13(9-7-12)18-15(17)10-11-19-14-4-2-1-3-5-14/h1-9H,10-11H2. The first kappa shape index (κ1) is 14.2. The summed E-state index contributed by atoms with van der Waals surface area (Å²) < 4.78 is 6.20. The lowest BCUT2D eigenvalue weighted by Crippen LogP contribution is -2.08. The van der Waals surface area contributed by atoms with Gasteiger partial charge in [0.15, 0.2) is 0 Å². The van der Waals surface area contributed by atoms with E-state index in [4.69, 9.17) is 4.74 Å². The van der Waals surface area contributed by atoms with Gasteiger partial charge in [-0.25, -0.2) is 0 Å². The van der Waals surface area contributed by atoms with Gasteiger partial charge in [0.1, 0.15) is 5.75 Å². The first-order chi connectivity index (χ1) is 9.24. The normalized spacial score (nSPS) is 10.2.